The Morgan fingerprint density at radius 2 is 1.96 bits per heavy atom. The molecule has 3 N–H and O–H groups in total. The largest absolute Gasteiger partial charge is 0.478 e. The molecule has 0 radical (unpaired) electrons. The van der Waals surface area contributed by atoms with Crippen molar-refractivity contribution in [3.05, 3.63) is 35.4 Å². The van der Waals surface area contributed by atoms with Gasteiger partial charge in [-0.25, -0.2) is 22.7 Å². The number of hydrogen-bond donors (Lipinski definition) is 3. The minimum Gasteiger partial charge on any atom is -0.478 e. The van der Waals surface area contributed by atoms with E-state index in [1.165, 1.54) is 17.0 Å². The highest BCUT2D eigenvalue weighted by molar-refractivity contribution is 7.90. The molecule has 132 valence electrons. The molecule has 0 spiro atoms. The normalized spacial score (nSPS) is 17.7. The first-order valence-electron chi connectivity index (χ1n) is 7.67. The lowest BCUT2D eigenvalue weighted by Crippen LogP contribution is -2.41. The number of carboxylic acids is 1. The quantitative estimate of drug-likeness (QED) is 0.691. The molecule has 2 amide bonds. The third kappa shape index (κ3) is 4.45. The molecule has 1 unspecified atom stereocenters. The van der Waals surface area contributed by atoms with Gasteiger partial charge in [-0.2, -0.15) is 0 Å². The summed E-state index contributed by atoms with van der Waals surface area (Å²) >= 11 is 0. The molecule has 1 saturated heterocycles. The average molecular weight is 355 g/mol. The molecule has 0 saturated carbocycles. The van der Waals surface area contributed by atoms with Crippen LogP contribution in [0.3, 0.4) is 0 Å². The minimum atomic E-state index is -3.38. The Hall–Kier alpha value is -2.13. The molecule has 1 fully saturated rings. The number of carboxylic acid groups (broad SMARTS) is 1. The molecule has 1 heterocycles. The van der Waals surface area contributed by atoms with Crippen molar-refractivity contribution >= 4 is 22.0 Å². The molecular weight excluding hydrogens is 334 g/mol. The van der Waals surface area contributed by atoms with Gasteiger partial charge in [0.25, 0.3) is 0 Å². The van der Waals surface area contributed by atoms with Gasteiger partial charge in [-0.3, -0.25) is 0 Å². The zero-order valence-electron chi connectivity index (χ0n) is 13.4. The van der Waals surface area contributed by atoms with Gasteiger partial charge in [0, 0.05) is 26.2 Å². The highest BCUT2D eigenvalue weighted by atomic mass is 32.2. The molecule has 1 aliphatic heterocycles. The summed E-state index contributed by atoms with van der Waals surface area (Å²) in [5.41, 5.74) is 0.950. The summed E-state index contributed by atoms with van der Waals surface area (Å²) in [6.07, 6.45) is 0.413. The number of benzene rings is 1. The molecule has 1 aliphatic rings. The fraction of sp³-hybridized carbons (Fsp3) is 0.467. The van der Waals surface area contributed by atoms with Gasteiger partial charge in [0.05, 0.1) is 10.8 Å². The van der Waals surface area contributed by atoms with E-state index in [1.54, 1.807) is 19.1 Å². The smallest absolute Gasteiger partial charge is 0.335 e. The fourth-order valence-electron chi connectivity index (χ4n) is 2.54. The van der Waals surface area contributed by atoms with Crippen molar-refractivity contribution in [2.75, 3.05) is 19.6 Å². The van der Waals surface area contributed by atoms with Crippen molar-refractivity contribution in [1.29, 1.82) is 0 Å². The average Bonchev–Trinajstić information content (AvgIpc) is 3.04. The van der Waals surface area contributed by atoms with Crippen LogP contribution in [0.15, 0.2) is 24.3 Å². The summed E-state index contributed by atoms with van der Waals surface area (Å²) in [7, 11) is -3.38. The van der Waals surface area contributed by atoms with Gasteiger partial charge in [-0.1, -0.05) is 19.1 Å². The summed E-state index contributed by atoms with van der Waals surface area (Å²) in [6.45, 7) is 2.85. The second-order valence-corrected chi connectivity index (χ2v) is 7.61. The Morgan fingerprint density at radius 3 is 2.54 bits per heavy atom. The SMILES string of the molecule is CCNS(=O)(=O)C1CCN(C(=O)NCc2ccc(C(=O)O)cc2)C1. The molecule has 1 aromatic carbocycles. The van der Waals surface area contributed by atoms with Crippen LogP contribution in [0.4, 0.5) is 4.79 Å². The number of amides is 2. The first-order chi connectivity index (χ1) is 11.3. The van der Waals surface area contributed by atoms with Gasteiger partial charge in [0.2, 0.25) is 10.0 Å². The van der Waals surface area contributed by atoms with E-state index >= 15 is 0 Å². The van der Waals surface area contributed by atoms with E-state index in [0.29, 0.717) is 19.5 Å². The van der Waals surface area contributed by atoms with E-state index in [-0.39, 0.29) is 24.7 Å². The maximum absolute atomic E-state index is 12.1. The number of carbonyl (C=O) groups is 2. The molecule has 0 aliphatic carbocycles. The van der Waals surface area contributed by atoms with E-state index in [4.69, 9.17) is 5.11 Å². The van der Waals surface area contributed by atoms with Crippen molar-refractivity contribution in [1.82, 2.24) is 14.9 Å². The summed E-state index contributed by atoms with van der Waals surface area (Å²) in [5.74, 6) is -1.00. The lowest BCUT2D eigenvalue weighted by molar-refractivity contribution is 0.0697. The maximum atomic E-state index is 12.1. The van der Waals surface area contributed by atoms with Gasteiger partial charge in [-0.05, 0) is 24.1 Å². The van der Waals surface area contributed by atoms with Gasteiger partial charge < -0.3 is 15.3 Å². The number of likely N-dealkylation sites (tertiary alicyclic amines) is 1. The molecule has 24 heavy (non-hydrogen) atoms. The third-order valence-corrected chi connectivity index (χ3v) is 5.81. The topological polar surface area (TPSA) is 116 Å². The number of nitrogens with one attached hydrogen (secondary N) is 2. The maximum Gasteiger partial charge on any atom is 0.335 e. The lowest BCUT2D eigenvalue weighted by atomic mass is 10.1. The monoisotopic (exact) mass is 355 g/mol. The van der Waals surface area contributed by atoms with Crippen molar-refractivity contribution in [2.45, 2.75) is 25.1 Å². The highest BCUT2D eigenvalue weighted by Gasteiger charge is 2.34. The first-order valence-corrected chi connectivity index (χ1v) is 9.21. The Kier molecular flexibility index (Phi) is 5.79. The van der Waals surface area contributed by atoms with E-state index in [9.17, 15) is 18.0 Å². The van der Waals surface area contributed by atoms with Gasteiger partial charge in [-0.15, -0.1) is 0 Å². The molecule has 2 rings (SSSR count). The highest BCUT2D eigenvalue weighted by Crippen LogP contribution is 2.16. The molecule has 1 atom stereocenters. The molecular formula is C15H21N3O5S. The van der Waals surface area contributed by atoms with Crippen molar-refractivity contribution < 1.29 is 23.1 Å². The van der Waals surface area contributed by atoms with Crippen LogP contribution in [-0.2, 0) is 16.6 Å². The van der Waals surface area contributed by atoms with Crippen LogP contribution in [0.25, 0.3) is 0 Å². The van der Waals surface area contributed by atoms with Crippen LogP contribution in [0, 0.1) is 0 Å². The standard InChI is InChI=1S/C15H21N3O5S/c1-2-17-24(22,23)13-7-8-18(10-13)15(21)16-9-11-3-5-12(6-4-11)14(19)20/h3-6,13,17H,2,7-10H2,1H3,(H,16,21)(H,19,20). The number of rotatable bonds is 6. The Balaban J connectivity index is 1.86. The van der Waals surface area contributed by atoms with E-state index < -0.39 is 21.2 Å². The zero-order chi connectivity index (χ0) is 17.7. The van der Waals surface area contributed by atoms with Gasteiger partial charge >= 0.3 is 12.0 Å². The number of sulfonamides is 1. The first kappa shape index (κ1) is 18.2. The van der Waals surface area contributed by atoms with Crippen molar-refractivity contribution in [3.8, 4) is 0 Å². The molecule has 0 bridgehead atoms. The van der Waals surface area contributed by atoms with Crippen LogP contribution in [0.5, 0.6) is 0 Å². The molecule has 8 nitrogen and oxygen atoms in total. The van der Waals surface area contributed by atoms with Crippen LogP contribution >= 0.6 is 0 Å². The van der Waals surface area contributed by atoms with Crippen LogP contribution < -0.4 is 10.0 Å². The second-order valence-electron chi connectivity index (χ2n) is 5.56. The number of hydrogen-bond acceptors (Lipinski definition) is 4. The summed E-state index contributed by atoms with van der Waals surface area (Å²) in [6, 6.07) is 5.88. The lowest BCUT2D eigenvalue weighted by Gasteiger charge is -2.17. The van der Waals surface area contributed by atoms with Crippen molar-refractivity contribution in [2.24, 2.45) is 0 Å². The Morgan fingerprint density at radius 1 is 1.29 bits per heavy atom. The van der Waals surface area contributed by atoms with Crippen LogP contribution in [0.1, 0.15) is 29.3 Å². The predicted octanol–water partition coefficient (Wildman–Crippen LogP) is 0.608. The molecule has 0 aromatic heterocycles. The van der Waals surface area contributed by atoms with E-state index in [2.05, 4.69) is 10.0 Å². The van der Waals surface area contributed by atoms with E-state index in [0.717, 1.165) is 5.56 Å². The van der Waals surface area contributed by atoms with Crippen molar-refractivity contribution in [3.63, 3.8) is 0 Å². The minimum absolute atomic E-state index is 0.166. The number of carbonyl (C=O) groups excluding carboxylic acids is 1. The summed E-state index contributed by atoms with van der Waals surface area (Å²) in [4.78, 5) is 24.4. The summed E-state index contributed by atoms with van der Waals surface area (Å²) in [5, 5.41) is 11.0. The molecule has 9 heteroatoms. The fourth-order valence-corrected chi connectivity index (χ4v) is 3.97. The third-order valence-electron chi connectivity index (χ3n) is 3.86. The zero-order valence-corrected chi connectivity index (χ0v) is 14.2. The Bertz CT molecular complexity index is 702. The second kappa shape index (κ2) is 7.63. The number of nitrogens with zero attached hydrogens (tertiary/aromatic N) is 1. The van der Waals surface area contributed by atoms with E-state index in [1.807, 2.05) is 0 Å². The predicted molar refractivity (Wildman–Crippen MR) is 88.2 cm³/mol. The van der Waals surface area contributed by atoms with Crippen LogP contribution in [0.2, 0.25) is 0 Å². The Labute approximate surface area is 140 Å². The summed E-state index contributed by atoms with van der Waals surface area (Å²) < 4.78 is 26.4. The van der Waals surface area contributed by atoms with Gasteiger partial charge in [0.15, 0.2) is 0 Å². The number of aromatic carboxylic acids is 1. The molecule has 1 aromatic rings. The van der Waals surface area contributed by atoms with Gasteiger partial charge in [0.1, 0.15) is 0 Å². The van der Waals surface area contributed by atoms with Crippen LogP contribution in [-0.4, -0.2) is 55.3 Å². The number of urea groups is 1.